The summed E-state index contributed by atoms with van der Waals surface area (Å²) in [6.07, 6.45) is 1.72. The highest BCUT2D eigenvalue weighted by atomic mass is 32.2. The highest BCUT2D eigenvalue weighted by Crippen LogP contribution is 2.42. The lowest BCUT2D eigenvalue weighted by molar-refractivity contribution is -0.131. The van der Waals surface area contributed by atoms with Gasteiger partial charge < -0.3 is 5.11 Å². The van der Waals surface area contributed by atoms with Crippen LogP contribution in [-0.2, 0) is 4.79 Å². The second kappa shape index (κ2) is 3.94. The third kappa shape index (κ3) is 2.36. The van der Waals surface area contributed by atoms with Crippen LogP contribution in [0, 0.1) is 0 Å². The van der Waals surface area contributed by atoms with Crippen molar-refractivity contribution in [2.75, 3.05) is 0 Å². The molecule has 1 N–H and O–H groups in total. The fraction of sp³-hybridized carbons (Fsp3) is 0. The lowest BCUT2D eigenvalue weighted by Gasteiger charge is -1.90. The summed E-state index contributed by atoms with van der Waals surface area (Å²) in [7, 11) is 0. The van der Waals surface area contributed by atoms with Crippen LogP contribution in [0.4, 0.5) is 0 Å². The Balaban J connectivity index is 2.63. The zero-order valence-electron chi connectivity index (χ0n) is 5.31. The van der Waals surface area contributed by atoms with Gasteiger partial charge in [0.1, 0.15) is 4.91 Å². The molecule has 0 saturated heterocycles. The number of thioether (sulfide) groups is 2. The van der Waals surface area contributed by atoms with Gasteiger partial charge in [0.05, 0.1) is 4.24 Å². The van der Waals surface area contributed by atoms with E-state index >= 15 is 0 Å². The molecule has 5 heteroatoms. The summed E-state index contributed by atoms with van der Waals surface area (Å²) in [6, 6.07) is 0. The van der Waals surface area contributed by atoms with Gasteiger partial charge in [-0.2, -0.15) is 0 Å². The second-order valence-corrected chi connectivity index (χ2v) is 4.15. The van der Waals surface area contributed by atoms with Crippen LogP contribution >= 0.6 is 35.7 Å². The number of aliphatic carboxylic acids is 1. The Labute approximate surface area is 77.7 Å². The van der Waals surface area contributed by atoms with E-state index in [1.807, 2.05) is 0 Å². The highest BCUT2D eigenvalue weighted by molar-refractivity contribution is 8.28. The van der Waals surface area contributed by atoms with Crippen molar-refractivity contribution in [1.29, 1.82) is 0 Å². The topological polar surface area (TPSA) is 37.3 Å². The Morgan fingerprint density at radius 3 is 2.91 bits per heavy atom. The van der Waals surface area contributed by atoms with Crippen molar-refractivity contribution in [3.63, 3.8) is 0 Å². The molecule has 0 fully saturated rings. The molecule has 0 saturated carbocycles. The number of hydrogen-bond donors (Lipinski definition) is 1. The monoisotopic (exact) mass is 204 g/mol. The van der Waals surface area contributed by atoms with E-state index in [4.69, 9.17) is 5.11 Å². The molecule has 0 aromatic carbocycles. The maximum absolute atomic E-state index is 10.4. The molecule has 0 bridgehead atoms. The van der Waals surface area contributed by atoms with Crippen LogP contribution in [0.5, 0.6) is 0 Å². The smallest absolute Gasteiger partial charge is 0.343 e. The average Bonchev–Trinajstić information content (AvgIpc) is 2.37. The van der Waals surface area contributed by atoms with Gasteiger partial charge in [-0.15, -0.1) is 0 Å². The van der Waals surface area contributed by atoms with Crippen LogP contribution in [-0.4, -0.2) is 16.4 Å². The predicted octanol–water partition coefficient (Wildman–Crippen LogP) is 2.23. The number of hydrogen-bond acceptors (Lipinski definition) is 4. The third-order valence-corrected chi connectivity index (χ3v) is 3.30. The van der Waals surface area contributed by atoms with Crippen molar-refractivity contribution in [3.8, 4) is 0 Å². The number of carboxylic acid groups (broad SMARTS) is 1. The average molecular weight is 204 g/mol. The minimum Gasteiger partial charge on any atom is -0.477 e. The van der Waals surface area contributed by atoms with E-state index in [0.29, 0.717) is 4.91 Å². The number of rotatable bonds is 2. The van der Waals surface area contributed by atoms with Crippen LogP contribution in [0.3, 0.4) is 0 Å². The summed E-state index contributed by atoms with van der Waals surface area (Å²) in [5.74, 6) is -0.879. The van der Waals surface area contributed by atoms with Gasteiger partial charge in [0.15, 0.2) is 0 Å². The van der Waals surface area contributed by atoms with Gasteiger partial charge in [-0.25, -0.2) is 4.79 Å². The molecule has 0 atom stereocenters. The Bertz CT molecular complexity index is 255. The molecule has 0 spiro atoms. The highest BCUT2D eigenvalue weighted by Gasteiger charge is 2.16. The molecular weight excluding hydrogens is 200 g/mol. The van der Waals surface area contributed by atoms with Crippen LogP contribution < -0.4 is 0 Å². The molecule has 2 nitrogen and oxygen atoms in total. The molecule has 0 aromatic rings. The molecular formula is C6H4O2S3. The van der Waals surface area contributed by atoms with Crippen LogP contribution in [0.15, 0.2) is 20.6 Å². The fourth-order valence-electron chi connectivity index (χ4n) is 0.491. The Morgan fingerprint density at radius 2 is 2.45 bits per heavy atom. The molecule has 1 aliphatic rings. The lowest BCUT2D eigenvalue weighted by Crippen LogP contribution is -1.92. The van der Waals surface area contributed by atoms with Crippen molar-refractivity contribution < 1.29 is 9.90 Å². The fourth-order valence-corrected chi connectivity index (χ4v) is 2.65. The molecule has 0 amide bonds. The van der Waals surface area contributed by atoms with E-state index < -0.39 is 5.97 Å². The molecule has 1 aliphatic heterocycles. The van der Waals surface area contributed by atoms with Gasteiger partial charge in [-0.05, 0) is 11.5 Å². The van der Waals surface area contributed by atoms with Gasteiger partial charge in [-0.1, -0.05) is 35.7 Å². The van der Waals surface area contributed by atoms with E-state index in [2.05, 4.69) is 12.2 Å². The first-order valence-electron chi connectivity index (χ1n) is 2.67. The van der Waals surface area contributed by atoms with Crippen LogP contribution in [0.1, 0.15) is 0 Å². The zero-order valence-corrected chi connectivity index (χ0v) is 7.76. The summed E-state index contributed by atoms with van der Waals surface area (Å²) in [4.78, 5) is 10.7. The van der Waals surface area contributed by atoms with Crippen molar-refractivity contribution in [2.45, 2.75) is 0 Å². The molecule has 11 heavy (non-hydrogen) atoms. The zero-order chi connectivity index (χ0) is 8.27. The Hall–Kier alpha value is -0.260. The van der Waals surface area contributed by atoms with Gasteiger partial charge in [-0.3, -0.25) is 0 Å². The van der Waals surface area contributed by atoms with Gasteiger partial charge in [0, 0.05) is 5.37 Å². The van der Waals surface area contributed by atoms with Crippen molar-refractivity contribution in [1.82, 2.24) is 0 Å². The minimum atomic E-state index is -0.879. The maximum Gasteiger partial charge on any atom is 0.343 e. The quantitative estimate of drug-likeness (QED) is 0.551. The minimum absolute atomic E-state index is 0.359. The molecule has 58 valence electrons. The van der Waals surface area contributed by atoms with Crippen molar-refractivity contribution >= 4 is 47.1 Å². The number of carbonyl (C=O) groups is 1. The Kier molecular flexibility index (Phi) is 3.16. The first-order valence-corrected chi connectivity index (χ1v) is 4.84. The normalized spacial score (nSPS) is 20.0. The first kappa shape index (κ1) is 8.83. The van der Waals surface area contributed by atoms with E-state index in [1.165, 1.54) is 28.9 Å². The number of allylic oxidation sites excluding steroid dienone is 1. The maximum atomic E-state index is 10.4. The van der Waals surface area contributed by atoms with Crippen molar-refractivity contribution in [3.05, 3.63) is 20.6 Å². The number of thiocarbonyl (C=S) groups is 1. The van der Waals surface area contributed by atoms with Gasteiger partial charge >= 0.3 is 5.97 Å². The third-order valence-electron chi connectivity index (χ3n) is 0.908. The summed E-state index contributed by atoms with van der Waals surface area (Å²) >= 11 is 7.21. The van der Waals surface area contributed by atoms with E-state index in [9.17, 15) is 4.79 Å². The largest absolute Gasteiger partial charge is 0.477 e. The molecule has 0 radical (unpaired) electrons. The molecule has 0 aliphatic carbocycles. The predicted molar refractivity (Wildman–Crippen MR) is 52.6 cm³/mol. The summed E-state index contributed by atoms with van der Waals surface area (Å²) in [5, 5.41) is 11.6. The van der Waals surface area contributed by atoms with Crippen molar-refractivity contribution in [2.24, 2.45) is 0 Å². The van der Waals surface area contributed by atoms with Crippen LogP contribution in [0.2, 0.25) is 0 Å². The summed E-state index contributed by atoms with van der Waals surface area (Å²) < 4.78 is 0.914. The summed E-state index contributed by atoms with van der Waals surface area (Å²) in [6.45, 7) is 0. The van der Waals surface area contributed by atoms with Gasteiger partial charge in [0.2, 0.25) is 0 Å². The van der Waals surface area contributed by atoms with Crippen LogP contribution in [0.25, 0.3) is 0 Å². The molecule has 0 unspecified atom stereocenters. The lowest BCUT2D eigenvalue weighted by atomic mass is 10.7. The van der Waals surface area contributed by atoms with E-state index in [0.717, 1.165) is 4.24 Å². The first-order chi connectivity index (χ1) is 5.24. The molecule has 1 heterocycles. The van der Waals surface area contributed by atoms with E-state index in [-0.39, 0.29) is 0 Å². The molecule has 0 aromatic heterocycles. The van der Waals surface area contributed by atoms with E-state index in [1.54, 1.807) is 11.5 Å². The van der Waals surface area contributed by atoms with Gasteiger partial charge in [0.25, 0.3) is 0 Å². The number of carboxylic acids is 1. The SMILES string of the molecule is O=C(O)C1=CS/C(=C\C=S)S1. The summed E-state index contributed by atoms with van der Waals surface area (Å²) in [5.41, 5.74) is 0. The molecule has 1 rings (SSSR count). The Morgan fingerprint density at radius 1 is 1.73 bits per heavy atom. The second-order valence-electron chi connectivity index (χ2n) is 1.63. The standard InChI is InChI=1S/C6H4O2S3/c7-6(8)4-3-10-5(11-4)1-2-9/h1-3H,(H,7,8)/b5-1+.